The van der Waals surface area contributed by atoms with Crippen molar-refractivity contribution in [3.8, 4) is 0 Å². The third-order valence-corrected chi connectivity index (χ3v) is 5.51. The van der Waals surface area contributed by atoms with E-state index in [1.54, 1.807) is 6.92 Å². The van der Waals surface area contributed by atoms with Gasteiger partial charge in [-0.05, 0) is 56.3 Å². The van der Waals surface area contributed by atoms with Crippen molar-refractivity contribution in [3.63, 3.8) is 0 Å². The second-order valence-corrected chi connectivity index (χ2v) is 7.87. The van der Waals surface area contributed by atoms with Crippen molar-refractivity contribution in [2.24, 2.45) is 5.92 Å². The number of piperidine rings is 1. The summed E-state index contributed by atoms with van der Waals surface area (Å²) in [5, 5.41) is 8.32. The van der Waals surface area contributed by atoms with Crippen LogP contribution in [0.4, 0.5) is 0 Å². The number of hydrogen-bond acceptors (Lipinski definition) is 5. The molecule has 1 aromatic heterocycles. The Bertz CT molecular complexity index is 747. The number of halogens is 1. The molecule has 1 atom stereocenters. The molecule has 0 bridgehead atoms. The molecule has 1 saturated heterocycles. The summed E-state index contributed by atoms with van der Waals surface area (Å²) in [5.74, 6) is 0.571. The third-order valence-electron chi connectivity index (χ3n) is 5.26. The topological polar surface area (TPSA) is 62.5 Å². The first-order valence-electron chi connectivity index (χ1n) is 9.50. The van der Waals surface area contributed by atoms with E-state index < -0.39 is 0 Å². The SMILES string of the molecule is Cc1nonc1CC(=O)N(C)C[C@@H]1CCCN(CCc2ccc(Cl)cc2)C1. The molecule has 0 unspecified atom stereocenters. The summed E-state index contributed by atoms with van der Waals surface area (Å²) in [6.07, 6.45) is 3.62. The number of aryl methyl sites for hydroxylation is 1. The van der Waals surface area contributed by atoms with Crippen molar-refractivity contribution >= 4 is 17.5 Å². The van der Waals surface area contributed by atoms with Crippen LogP contribution in [0.5, 0.6) is 0 Å². The van der Waals surface area contributed by atoms with Gasteiger partial charge in [0.25, 0.3) is 0 Å². The van der Waals surface area contributed by atoms with Crippen LogP contribution < -0.4 is 0 Å². The Hall–Kier alpha value is -1.92. The summed E-state index contributed by atoms with van der Waals surface area (Å²) >= 11 is 5.95. The number of carbonyl (C=O) groups excluding carboxylic acids is 1. The van der Waals surface area contributed by atoms with Crippen molar-refractivity contribution in [1.82, 2.24) is 20.1 Å². The summed E-state index contributed by atoms with van der Waals surface area (Å²) in [7, 11) is 1.87. The largest absolute Gasteiger partial charge is 0.345 e. The Balaban J connectivity index is 1.45. The fraction of sp³-hybridized carbons (Fsp3) is 0.550. The van der Waals surface area contributed by atoms with E-state index in [1.165, 1.54) is 18.4 Å². The normalized spacial score (nSPS) is 17.8. The number of aromatic nitrogens is 2. The maximum Gasteiger partial charge on any atom is 0.228 e. The van der Waals surface area contributed by atoms with Gasteiger partial charge in [-0.1, -0.05) is 34.0 Å². The van der Waals surface area contributed by atoms with Gasteiger partial charge in [0.15, 0.2) is 0 Å². The number of hydrogen-bond donors (Lipinski definition) is 0. The van der Waals surface area contributed by atoms with Gasteiger partial charge in [0.05, 0.1) is 6.42 Å². The summed E-state index contributed by atoms with van der Waals surface area (Å²) in [5.41, 5.74) is 2.62. The van der Waals surface area contributed by atoms with Gasteiger partial charge in [-0.25, -0.2) is 4.63 Å². The zero-order valence-corrected chi connectivity index (χ0v) is 16.8. The van der Waals surface area contributed by atoms with Crippen LogP contribution in [0.25, 0.3) is 0 Å². The van der Waals surface area contributed by atoms with Crippen LogP contribution in [0, 0.1) is 12.8 Å². The van der Waals surface area contributed by atoms with E-state index in [4.69, 9.17) is 11.6 Å². The highest BCUT2D eigenvalue weighted by Crippen LogP contribution is 2.19. The van der Waals surface area contributed by atoms with E-state index in [0.717, 1.165) is 37.6 Å². The average Bonchev–Trinajstić information content (AvgIpc) is 3.06. The maximum atomic E-state index is 12.4. The smallest absolute Gasteiger partial charge is 0.228 e. The van der Waals surface area contributed by atoms with E-state index in [-0.39, 0.29) is 12.3 Å². The zero-order chi connectivity index (χ0) is 19.2. The Morgan fingerprint density at radius 3 is 2.81 bits per heavy atom. The molecule has 27 heavy (non-hydrogen) atoms. The number of amides is 1. The minimum absolute atomic E-state index is 0.0621. The third kappa shape index (κ3) is 5.78. The highest BCUT2D eigenvalue weighted by atomic mass is 35.5. The molecule has 2 heterocycles. The summed E-state index contributed by atoms with van der Waals surface area (Å²) in [4.78, 5) is 16.8. The van der Waals surface area contributed by atoms with Gasteiger partial charge in [0, 0.05) is 31.7 Å². The lowest BCUT2D eigenvalue weighted by Gasteiger charge is -2.34. The maximum absolute atomic E-state index is 12.4. The molecule has 1 aliphatic heterocycles. The monoisotopic (exact) mass is 390 g/mol. The Morgan fingerprint density at radius 2 is 2.11 bits per heavy atom. The molecule has 146 valence electrons. The van der Waals surface area contributed by atoms with E-state index in [0.29, 0.717) is 17.3 Å². The number of benzene rings is 1. The molecule has 7 heteroatoms. The van der Waals surface area contributed by atoms with E-state index >= 15 is 0 Å². The first-order valence-corrected chi connectivity index (χ1v) is 9.88. The van der Waals surface area contributed by atoms with Crippen molar-refractivity contribution < 1.29 is 9.42 Å². The van der Waals surface area contributed by atoms with Gasteiger partial charge in [0.2, 0.25) is 5.91 Å². The minimum Gasteiger partial charge on any atom is -0.345 e. The van der Waals surface area contributed by atoms with Gasteiger partial charge in [-0.2, -0.15) is 0 Å². The molecule has 0 N–H and O–H groups in total. The minimum atomic E-state index is 0.0621. The predicted octanol–water partition coefficient (Wildman–Crippen LogP) is 2.99. The fourth-order valence-electron chi connectivity index (χ4n) is 3.62. The summed E-state index contributed by atoms with van der Waals surface area (Å²) in [6, 6.07) is 8.08. The number of nitrogens with zero attached hydrogens (tertiary/aromatic N) is 4. The molecule has 0 radical (unpaired) electrons. The van der Waals surface area contributed by atoms with Crippen LogP contribution >= 0.6 is 11.6 Å². The molecule has 1 aliphatic rings. The Kier molecular flexibility index (Phi) is 6.85. The average molecular weight is 391 g/mol. The van der Waals surface area contributed by atoms with Crippen molar-refractivity contribution in [3.05, 3.63) is 46.2 Å². The fourth-order valence-corrected chi connectivity index (χ4v) is 3.74. The number of likely N-dealkylation sites (N-methyl/N-ethyl adjacent to an activating group) is 1. The highest BCUT2D eigenvalue weighted by molar-refractivity contribution is 6.30. The molecule has 1 amide bonds. The Labute approximate surface area is 165 Å². The molecular formula is C20H27ClN4O2. The van der Waals surface area contributed by atoms with Gasteiger partial charge in [-0.3, -0.25) is 4.79 Å². The van der Waals surface area contributed by atoms with Crippen LogP contribution in [0.15, 0.2) is 28.9 Å². The first-order chi connectivity index (χ1) is 13.0. The van der Waals surface area contributed by atoms with Crippen molar-refractivity contribution in [2.45, 2.75) is 32.6 Å². The van der Waals surface area contributed by atoms with Gasteiger partial charge >= 0.3 is 0 Å². The molecule has 0 spiro atoms. The van der Waals surface area contributed by atoms with Gasteiger partial charge in [-0.15, -0.1) is 0 Å². The molecule has 1 aromatic carbocycles. The molecular weight excluding hydrogens is 364 g/mol. The van der Waals surface area contributed by atoms with Crippen LogP contribution in [-0.4, -0.2) is 59.2 Å². The zero-order valence-electron chi connectivity index (χ0n) is 16.0. The van der Waals surface area contributed by atoms with Gasteiger partial charge in [0.1, 0.15) is 11.4 Å². The molecule has 0 saturated carbocycles. The van der Waals surface area contributed by atoms with Crippen molar-refractivity contribution in [1.29, 1.82) is 0 Å². The van der Waals surface area contributed by atoms with Crippen LogP contribution in [0.1, 0.15) is 29.8 Å². The number of likely N-dealkylation sites (tertiary alicyclic amines) is 1. The summed E-state index contributed by atoms with van der Waals surface area (Å²) < 4.78 is 4.68. The van der Waals surface area contributed by atoms with Crippen LogP contribution in [0.3, 0.4) is 0 Å². The molecule has 0 aliphatic carbocycles. The highest BCUT2D eigenvalue weighted by Gasteiger charge is 2.23. The lowest BCUT2D eigenvalue weighted by Crippen LogP contribution is -2.42. The van der Waals surface area contributed by atoms with E-state index in [2.05, 4.69) is 32.0 Å². The first kappa shape index (κ1) is 19.8. The predicted molar refractivity (Wildman–Crippen MR) is 105 cm³/mol. The Morgan fingerprint density at radius 1 is 1.33 bits per heavy atom. The van der Waals surface area contributed by atoms with E-state index in [1.807, 2.05) is 24.1 Å². The standard InChI is InChI=1S/C20H27ClN4O2/c1-15-19(23-27-22-15)12-20(26)24(2)13-17-4-3-10-25(14-17)11-9-16-5-7-18(21)8-6-16/h5-8,17H,3-4,9-14H2,1-2H3/t17-/m0/s1. The van der Waals surface area contributed by atoms with Crippen LogP contribution in [-0.2, 0) is 17.6 Å². The quantitative estimate of drug-likeness (QED) is 0.727. The van der Waals surface area contributed by atoms with Crippen molar-refractivity contribution in [2.75, 3.05) is 33.2 Å². The lowest BCUT2D eigenvalue weighted by atomic mass is 9.97. The lowest BCUT2D eigenvalue weighted by molar-refractivity contribution is -0.130. The number of rotatable bonds is 7. The van der Waals surface area contributed by atoms with Gasteiger partial charge < -0.3 is 9.80 Å². The second-order valence-electron chi connectivity index (χ2n) is 7.43. The van der Waals surface area contributed by atoms with E-state index in [9.17, 15) is 4.79 Å². The molecule has 1 fully saturated rings. The van der Waals surface area contributed by atoms with Crippen LogP contribution in [0.2, 0.25) is 5.02 Å². The molecule has 2 aromatic rings. The molecule has 3 rings (SSSR count). The molecule has 6 nitrogen and oxygen atoms in total. The second kappa shape index (κ2) is 9.33. The number of carbonyl (C=O) groups is 1. The summed E-state index contributed by atoms with van der Waals surface area (Å²) in [6.45, 7) is 5.79.